The molecule has 0 radical (unpaired) electrons. The predicted octanol–water partition coefficient (Wildman–Crippen LogP) is 6.67. The average molecular weight is 358 g/mol. The first-order chi connectivity index (χ1) is 12.7. The number of unbranched alkanes of at least 4 members (excludes halogenated alkanes) is 9. The second-order valence-corrected chi connectivity index (χ2v) is 6.79. The number of nitrogens with one attached hydrogen (secondary N) is 1. The predicted molar refractivity (Wildman–Crippen MR) is 113 cm³/mol. The molecule has 0 aromatic heterocycles. The smallest absolute Gasteiger partial charge is 0.328 e. The number of rotatable bonds is 15. The summed E-state index contributed by atoms with van der Waals surface area (Å²) in [4.78, 5) is 10.4. The summed E-state index contributed by atoms with van der Waals surface area (Å²) in [5, 5.41) is 12.0. The first-order valence-electron chi connectivity index (χ1n) is 10.1. The molecule has 0 fully saturated rings. The monoisotopic (exact) mass is 357 g/mol. The van der Waals surface area contributed by atoms with Crippen molar-refractivity contribution >= 4 is 17.7 Å². The van der Waals surface area contributed by atoms with Gasteiger partial charge in [0.15, 0.2) is 0 Å². The fourth-order valence-corrected chi connectivity index (χ4v) is 2.86. The molecule has 0 atom stereocenters. The number of anilines is 1. The largest absolute Gasteiger partial charge is 0.478 e. The average Bonchev–Trinajstić information content (AvgIpc) is 2.64. The Morgan fingerprint density at radius 3 is 2.04 bits per heavy atom. The van der Waals surface area contributed by atoms with Crippen LogP contribution in [0.4, 0.5) is 5.69 Å². The summed E-state index contributed by atoms with van der Waals surface area (Å²) in [6, 6.07) is 8.20. The van der Waals surface area contributed by atoms with E-state index >= 15 is 0 Å². The quantitative estimate of drug-likeness (QED) is 0.209. The van der Waals surface area contributed by atoms with Crippen molar-refractivity contribution in [2.45, 2.75) is 71.1 Å². The molecule has 144 valence electrons. The van der Waals surface area contributed by atoms with Crippen LogP contribution in [-0.4, -0.2) is 17.6 Å². The van der Waals surface area contributed by atoms with Crippen molar-refractivity contribution in [3.05, 3.63) is 48.1 Å². The maximum atomic E-state index is 10.4. The van der Waals surface area contributed by atoms with E-state index < -0.39 is 5.97 Å². The summed E-state index contributed by atoms with van der Waals surface area (Å²) in [6.45, 7) is 3.29. The Morgan fingerprint density at radius 1 is 0.885 bits per heavy atom. The van der Waals surface area contributed by atoms with E-state index in [2.05, 4.69) is 24.4 Å². The Morgan fingerprint density at radius 2 is 1.46 bits per heavy atom. The molecule has 0 aliphatic heterocycles. The maximum Gasteiger partial charge on any atom is 0.328 e. The van der Waals surface area contributed by atoms with Gasteiger partial charge >= 0.3 is 5.97 Å². The Kier molecular flexibility index (Phi) is 12.9. The molecule has 0 amide bonds. The normalized spacial score (nSPS) is 11.4. The fourth-order valence-electron chi connectivity index (χ4n) is 2.86. The van der Waals surface area contributed by atoms with Crippen molar-refractivity contribution in [3.63, 3.8) is 0 Å². The van der Waals surface area contributed by atoms with Gasteiger partial charge in [0, 0.05) is 18.3 Å². The van der Waals surface area contributed by atoms with E-state index in [9.17, 15) is 4.79 Å². The van der Waals surface area contributed by atoms with Crippen LogP contribution in [0, 0.1) is 0 Å². The van der Waals surface area contributed by atoms with Crippen molar-refractivity contribution in [3.8, 4) is 0 Å². The van der Waals surface area contributed by atoms with Gasteiger partial charge in [-0.15, -0.1) is 0 Å². The molecular formula is C23H35NO2. The number of carboxylic acid groups (broad SMARTS) is 1. The Labute approximate surface area is 159 Å². The van der Waals surface area contributed by atoms with Gasteiger partial charge in [0.1, 0.15) is 0 Å². The zero-order valence-corrected chi connectivity index (χ0v) is 16.3. The highest BCUT2D eigenvalue weighted by Crippen LogP contribution is 2.13. The molecule has 1 aromatic carbocycles. The van der Waals surface area contributed by atoms with Crippen molar-refractivity contribution < 1.29 is 9.90 Å². The third-order valence-electron chi connectivity index (χ3n) is 4.41. The van der Waals surface area contributed by atoms with Gasteiger partial charge in [0.05, 0.1) is 0 Å². The molecule has 0 aliphatic carbocycles. The summed E-state index contributed by atoms with van der Waals surface area (Å²) >= 11 is 0. The van der Waals surface area contributed by atoms with E-state index in [0.29, 0.717) is 0 Å². The Hall–Kier alpha value is -2.03. The first-order valence-corrected chi connectivity index (χ1v) is 10.1. The summed E-state index contributed by atoms with van der Waals surface area (Å²) < 4.78 is 0. The van der Waals surface area contributed by atoms with Crippen LogP contribution in [0.15, 0.2) is 42.5 Å². The highest BCUT2D eigenvalue weighted by atomic mass is 16.4. The number of hydrogen-bond donors (Lipinski definition) is 2. The van der Waals surface area contributed by atoms with E-state index in [0.717, 1.165) is 23.9 Å². The molecule has 3 heteroatoms. The number of hydrogen-bond acceptors (Lipinski definition) is 2. The highest BCUT2D eigenvalue weighted by molar-refractivity contribution is 5.80. The van der Waals surface area contributed by atoms with Crippen LogP contribution in [0.5, 0.6) is 0 Å². The lowest BCUT2D eigenvalue weighted by Crippen LogP contribution is -2.01. The fraction of sp³-hybridized carbons (Fsp3) is 0.522. The lowest BCUT2D eigenvalue weighted by Gasteiger charge is -2.07. The third-order valence-corrected chi connectivity index (χ3v) is 4.41. The number of carbonyl (C=O) groups is 1. The number of benzene rings is 1. The van der Waals surface area contributed by atoms with Gasteiger partial charge in [0.2, 0.25) is 0 Å². The molecular weight excluding hydrogens is 322 g/mol. The minimum Gasteiger partial charge on any atom is -0.478 e. The molecule has 0 saturated carbocycles. The molecule has 0 spiro atoms. The van der Waals surface area contributed by atoms with Crippen molar-refractivity contribution in [1.29, 1.82) is 0 Å². The molecule has 0 unspecified atom stereocenters. The Bertz CT molecular complexity index is 532. The van der Waals surface area contributed by atoms with E-state index in [1.54, 1.807) is 6.08 Å². The number of aliphatic carboxylic acids is 1. The second-order valence-electron chi connectivity index (χ2n) is 6.79. The number of allylic oxidation sites excluding steroid dienone is 2. The van der Waals surface area contributed by atoms with Crippen LogP contribution >= 0.6 is 0 Å². The van der Waals surface area contributed by atoms with E-state index in [1.165, 1.54) is 70.3 Å². The van der Waals surface area contributed by atoms with Crippen LogP contribution in [0.2, 0.25) is 0 Å². The van der Waals surface area contributed by atoms with Crippen molar-refractivity contribution in [2.24, 2.45) is 0 Å². The topological polar surface area (TPSA) is 49.3 Å². The lowest BCUT2D eigenvalue weighted by atomic mass is 10.1. The molecule has 3 nitrogen and oxygen atoms in total. The summed E-state index contributed by atoms with van der Waals surface area (Å²) in [5.74, 6) is -0.929. The Balaban J connectivity index is 2.05. The van der Waals surface area contributed by atoms with Crippen LogP contribution in [0.3, 0.4) is 0 Å². The van der Waals surface area contributed by atoms with E-state index in [4.69, 9.17) is 5.11 Å². The molecule has 0 aliphatic rings. The van der Waals surface area contributed by atoms with Crippen LogP contribution in [-0.2, 0) is 4.79 Å². The van der Waals surface area contributed by atoms with Gasteiger partial charge in [-0.1, -0.05) is 95.1 Å². The van der Waals surface area contributed by atoms with Crippen molar-refractivity contribution in [2.75, 3.05) is 11.9 Å². The van der Waals surface area contributed by atoms with Gasteiger partial charge in [0.25, 0.3) is 0 Å². The molecule has 1 aromatic rings. The van der Waals surface area contributed by atoms with Crippen LogP contribution in [0.1, 0.15) is 76.7 Å². The molecule has 26 heavy (non-hydrogen) atoms. The molecule has 0 bridgehead atoms. The molecule has 2 N–H and O–H groups in total. The van der Waals surface area contributed by atoms with Gasteiger partial charge in [-0.25, -0.2) is 4.79 Å². The molecule has 0 saturated heterocycles. The molecule has 1 rings (SSSR count). The number of carboxylic acids is 1. The minimum absolute atomic E-state index is 0.929. The van der Waals surface area contributed by atoms with Crippen LogP contribution < -0.4 is 5.32 Å². The van der Waals surface area contributed by atoms with Gasteiger partial charge in [-0.05, 0) is 24.1 Å². The standard InChI is InChI=1S/C23H35NO2/c1-2-3-4-5-6-7-8-9-10-13-20-24-22-18-16-21(17-19-22)14-11-12-15-23(25)26/h11-12,14-19,24H,2-10,13,20H2,1H3,(H,25,26)/b14-11+,15-12+. The van der Waals surface area contributed by atoms with E-state index in [1.807, 2.05) is 18.2 Å². The van der Waals surface area contributed by atoms with Gasteiger partial charge < -0.3 is 10.4 Å². The summed E-state index contributed by atoms with van der Waals surface area (Å²) in [5.41, 5.74) is 2.20. The minimum atomic E-state index is -0.929. The summed E-state index contributed by atoms with van der Waals surface area (Å²) in [7, 11) is 0. The zero-order valence-electron chi connectivity index (χ0n) is 16.3. The van der Waals surface area contributed by atoms with Crippen molar-refractivity contribution in [1.82, 2.24) is 0 Å². The van der Waals surface area contributed by atoms with Gasteiger partial charge in [-0.3, -0.25) is 0 Å². The lowest BCUT2D eigenvalue weighted by molar-refractivity contribution is -0.131. The maximum absolute atomic E-state index is 10.4. The van der Waals surface area contributed by atoms with Gasteiger partial charge in [-0.2, -0.15) is 0 Å². The highest BCUT2D eigenvalue weighted by Gasteiger charge is 1.94. The SMILES string of the molecule is CCCCCCCCCCCCNc1ccc(/C=C/C=C/C(=O)O)cc1. The third kappa shape index (κ3) is 12.3. The van der Waals surface area contributed by atoms with Crippen LogP contribution in [0.25, 0.3) is 6.08 Å². The summed E-state index contributed by atoms with van der Waals surface area (Å²) in [6.07, 6.45) is 19.9. The zero-order chi connectivity index (χ0) is 18.9. The van der Waals surface area contributed by atoms with E-state index in [-0.39, 0.29) is 0 Å². The first kappa shape index (κ1) is 22.0. The second kappa shape index (κ2) is 15.2. The molecule has 0 heterocycles.